The summed E-state index contributed by atoms with van der Waals surface area (Å²) in [6.07, 6.45) is 8.50. The van der Waals surface area contributed by atoms with Gasteiger partial charge in [0.25, 0.3) is 0 Å². The van der Waals surface area contributed by atoms with E-state index in [1.165, 1.54) is 31.2 Å². The maximum Gasteiger partial charge on any atom is 0.234 e. The molecule has 1 aliphatic carbocycles. The van der Waals surface area contributed by atoms with E-state index in [9.17, 15) is 4.79 Å². The van der Waals surface area contributed by atoms with Crippen LogP contribution in [-0.4, -0.2) is 60.0 Å². The van der Waals surface area contributed by atoms with Crippen molar-refractivity contribution in [3.8, 4) is 0 Å². The number of benzene rings is 1. The molecule has 3 aliphatic rings. The highest BCUT2D eigenvalue weighted by molar-refractivity contribution is 5.78. The smallest absolute Gasteiger partial charge is 0.234 e. The highest BCUT2D eigenvalue weighted by Gasteiger charge is 2.32. The first-order chi connectivity index (χ1) is 12.3. The van der Waals surface area contributed by atoms with Gasteiger partial charge in [-0.2, -0.15) is 0 Å². The molecule has 1 aromatic rings. The van der Waals surface area contributed by atoms with Crippen LogP contribution in [0.25, 0.3) is 0 Å². The Labute approximate surface area is 151 Å². The van der Waals surface area contributed by atoms with Gasteiger partial charge in [0.05, 0.1) is 6.54 Å². The van der Waals surface area contributed by atoms with Gasteiger partial charge in [0.15, 0.2) is 0 Å². The summed E-state index contributed by atoms with van der Waals surface area (Å²) >= 11 is 0. The number of piperidine rings is 1. The average Bonchev–Trinajstić information content (AvgIpc) is 3.39. The van der Waals surface area contributed by atoms with Crippen molar-refractivity contribution in [2.24, 2.45) is 0 Å². The lowest BCUT2D eigenvalue weighted by Crippen LogP contribution is -2.48. The third-order valence-electron chi connectivity index (χ3n) is 6.12. The van der Waals surface area contributed by atoms with Crippen LogP contribution < -0.4 is 5.32 Å². The molecule has 0 spiro atoms. The zero-order valence-electron chi connectivity index (χ0n) is 15.2. The summed E-state index contributed by atoms with van der Waals surface area (Å²) in [6, 6.07) is 12.4. The fourth-order valence-corrected chi connectivity index (χ4v) is 4.53. The first-order valence-corrected chi connectivity index (χ1v) is 10.1. The Bertz CT molecular complexity index is 564. The largest absolute Gasteiger partial charge is 0.352 e. The number of nitrogens with one attached hydrogen (secondary N) is 1. The third kappa shape index (κ3) is 4.62. The maximum absolute atomic E-state index is 12.5. The van der Waals surface area contributed by atoms with Crippen molar-refractivity contribution in [2.45, 2.75) is 63.1 Å². The van der Waals surface area contributed by atoms with Crippen LogP contribution in [0.1, 0.15) is 44.1 Å². The SMILES string of the molecule is O=C(CN1CCC[C@H]1Cc1ccccc1)NC1CCN(C2CC2)CC1. The summed E-state index contributed by atoms with van der Waals surface area (Å²) in [5.41, 5.74) is 1.38. The Morgan fingerprint density at radius 3 is 2.48 bits per heavy atom. The predicted octanol–water partition coefficient (Wildman–Crippen LogP) is 2.44. The van der Waals surface area contributed by atoms with E-state index in [0.717, 1.165) is 44.9 Å². The highest BCUT2D eigenvalue weighted by atomic mass is 16.2. The van der Waals surface area contributed by atoms with E-state index in [1.54, 1.807) is 0 Å². The van der Waals surface area contributed by atoms with Crippen LogP contribution in [0.4, 0.5) is 0 Å². The molecule has 2 saturated heterocycles. The van der Waals surface area contributed by atoms with E-state index >= 15 is 0 Å². The molecule has 0 radical (unpaired) electrons. The minimum absolute atomic E-state index is 0.227. The van der Waals surface area contributed by atoms with Gasteiger partial charge in [0.1, 0.15) is 0 Å². The topological polar surface area (TPSA) is 35.6 Å². The fourth-order valence-electron chi connectivity index (χ4n) is 4.53. The van der Waals surface area contributed by atoms with E-state index in [0.29, 0.717) is 18.6 Å². The molecule has 4 nitrogen and oxygen atoms in total. The molecule has 0 bridgehead atoms. The van der Waals surface area contributed by atoms with Crippen molar-refractivity contribution < 1.29 is 4.79 Å². The van der Waals surface area contributed by atoms with Gasteiger partial charge in [0.2, 0.25) is 5.91 Å². The van der Waals surface area contributed by atoms with Crippen LogP contribution in [0.2, 0.25) is 0 Å². The van der Waals surface area contributed by atoms with Gasteiger partial charge in [0, 0.05) is 31.2 Å². The molecule has 4 rings (SSSR count). The number of hydrogen-bond donors (Lipinski definition) is 1. The molecule has 25 heavy (non-hydrogen) atoms. The monoisotopic (exact) mass is 341 g/mol. The summed E-state index contributed by atoms with van der Waals surface area (Å²) in [5, 5.41) is 3.30. The third-order valence-corrected chi connectivity index (χ3v) is 6.12. The van der Waals surface area contributed by atoms with E-state index < -0.39 is 0 Å². The number of amides is 1. The van der Waals surface area contributed by atoms with Crippen molar-refractivity contribution >= 4 is 5.91 Å². The number of hydrogen-bond acceptors (Lipinski definition) is 3. The van der Waals surface area contributed by atoms with Gasteiger partial charge in [-0.05, 0) is 57.1 Å². The average molecular weight is 341 g/mol. The summed E-state index contributed by atoms with van der Waals surface area (Å²) in [4.78, 5) is 17.5. The first kappa shape index (κ1) is 17.0. The van der Waals surface area contributed by atoms with E-state index in [2.05, 4.69) is 45.4 Å². The van der Waals surface area contributed by atoms with Crippen LogP contribution in [0.3, 0.4) is 0 Å². The van der Waals surface area contributed by atoms with Crippen molar-refractivity contribution in [3.05, 3.63) is 35.9 Å². The summed E-state index contributed by atoms with van der Waals surface area (Å²) in [7, 11) is 0. The lowest BCUT2D eigenvalue weighted by molar-refractivity contribution is -0.123. The predicted molar refractivity (Wildman–Crippen MR) is 101 cm³/mol. The number of carbonyl (C=O) groups excluding carboxylic acids is 1. The molecule has 3 fully saturated rings. The molecule has 1 saturated carbocycles. The molecule has 1 amide bonds. The number of likely N-dealkylation sites (tertiary alicyclic amines) is 2. The zero-order chi connectivity index (χ0) is 17.1. The van der Waals surface area contributed by atoms with Gasteiger partial charge >= 0.3 is 0 Å². The summed E-state index contributed by atoms with van der Waals surface area (Å²) in [5.74, 6) is 0.227. The lowest BCUT2D eigenvalue weighted by Gasteiger charge is -2.33. The van der Waals surface area contributed by atoms with Gasteiger partial charge in [-0.15, -0.1) is 0 Å². The minimum atomic E-state index is 0.227. The number of nitrogens with zero attached hydrogens (tertiary/aromatic N) is 2. The molecule has 136 valence electrons. The second-order valence-electron chi connectivity index (χ2n) is 8.07. The Morgan fingerprint density at radius 2 is 1.76 bits per heavy atom. The minimum Gasteiger partial charge on any atom is -0.352 e. The Hall–Kier alpha value is -1.39. The Kier molecular flexibility index (Phi) is 5.37. The Morgan fingerprint density at radius 1 is 1.00 bits per heavy atom. The van der Waals surface area contributed by atoms with Crippen LogP contribution in [0, 0.1) is 0 Å². The molecular formula is C21H31N3O. The van der Waals surface area contributed by atoms with Crippen LogP contribution in [0.15, 0.2) is 30.3 Å². The molecule has 0 unspecified atom stereocenters. The molecule has 1 aromatic carbocycles. The van der Waals surface area contributed by atoms with E-state index in [-0.39, 0.29) is 5.91 Å². The zero-order valence-corrected chi connectivity index (χ0v) is 15.2. The van der Waals surface area contributed by atoms with Gasteiger partial charge in [-0.3, -0.25) is 9.69 Å². The summed E-state index contributed by atoms with van der Waals surface area (Å²) in [6.45, 7) is 3.96. The van der Waals surface area contributed by atoms with Crippen molar-refractivity contribution in [1.29, 1.82) is 0 Å². The highest BCUT2D eigenvalue weighted by Crippen LogP contribution is 2.29. The standard InChI is InChI=1S/C21H31N3O/c25-21(22-18-10-13-23(14-11-18)19-8-9-19)16-24-12-4-7-20(24)15-17-5-2-1-3-6-17/h1-3,5-6,18-20H,4,7-16H2,(H,22,25)/t20-/m0/s1. The molecule has 2 heterocycles. The van der Waals surface area contributed by atoms with E-state index in [4.69, 9.17) is 0 Å². The fraction of sp³-hybridized carbons (Fsp3) is 0.667. The molecule has 4 heteroatoms. The molecule has 2 aliphatic heterocycles. The van der Waals surface area contributed by atoms with Crippen molar-refractivity contribution in [3.63, 3.8) is 0 Å². The number of rotatable bonds is 6. The van der Waals surface area contributed by atoms with Crippen LogP contribution in [-0.2, 0) is 11.2 Å². The molecule has 0 aromatic heterocycles. The second kappa shape index (κ2) is 7.88. The van der Waals surface area contributed by atoms with Crippen molar-refractivity contribution in [2.75, 3.05) is 26.2 Å². The quantitative estimate of drug-likeness (QED) is 0.863. The van der Waals surface area contributed by atoms with Crippen LogP contribution >= 0.6 is 0 Å². The second-order valence-corrected chi connectivity index (χ2v) is 8.07. The maximum atomic E-state index is 12.5. The number of carbonyl (C=O) groups is 1. The molecular weight excluding hydrogens is 310 g/mol. The molecule has 1 N–H and O–H groups in total. The Balaban J connectivity index is 1.22. The molecule has 1 atom stereocenters. The van der Waals surface area contributed by atoms with Gasteiger partial charge in [-0.25, -0.2) is 0 Å². The van der Waals surface area contributed by atoms with Crippen LogP contribution in [0.5, 0.6) is 0 Å². The van der Waals surface area contributed by atoms with Gasteiger partial charge in [-0.1, -0.05) is 30.3 Å². The van der Waals surface area contributed by atoms with Gasteiger partial charge < -0.3 is 10.2 Å². The lowest BCUT2D eigenvalue weighted by atomic mass is 10.0. The van der Waals surface area contributed by atoms with Crippen molar-refractivity contribution in [1.82, 2.24) is 15.1 Å². The van der Waals surface area contributed by atoms with E-state index in [1.807, 2.05) is 0 Å². The normalized spacial score (nSPS) is 26.0. The summed E-state index contributed by atoms with van der Waals surface area (Å²) < 4.78 is 0. The first-order valence-electron chi connectivity index (χ1n) is 10.1.